The molecule has 0 aliphatic carbocycles. The van der Waals surface area contributed by atoms with Gasteiger partial charge in [-0.1, -0.05) is 231 Å². The molecular formula is C96H64F6N4O6S4. The van der Waals surface area contributed by atoms with E-state index in [0.29, 0.717) is 22.1 Å². The zero-order chi connectivity index (χ0) is 79.7. The van der Waals surface area contributed by atoms with E-state index >= 15 is 0 Å². The molecular weight excluding hydrogens is 1550 g/mol. The molecule has 10 nitrogen and oxygen atoms in total. The maximum absolute atomic E-state index is 14.0. The summed E-state index contributed by atoms with van der Waals surface area (Å²) in [6.07, 6.45) is 0. The smallest absolute Gasteiger partial charge is 0.376 e. The first-order chi connectivity index (χ1) is 56.3. The highest BCUT2D eigenvalue weighted by Gasteiger charge is 2.50. The standard InChI is InChI=1S/C53H35F3N2O3S2.C43H29F3N2O3S2/c54-53(55,56)63(59,60)61-43-34-47-46-33-39(45-24-12-13-25-48(45)57(40-19-6-2-7-20-40)42-30-27-37(28-31-42)36-15-4-1-5-16-36)29-32-51(46)62-52(47)50(35-43)58(41-21-8-3-9-22-41)49-26-14-18-38-17-10-11-23-44(38)49;44-43(45,46)53(49,50)51-37-28-39-38-27-31(30-14-13-23-36(26-30)47(32-15-5-1-6-16-32)33-17-7-2-8-18-33)24-25-41(38)52-42(39)40(29-37)48(34-19-9-3-10-20-34)35-21-11-4-12-22-35/h1-35H;1-29H. The molecule has 20 heteroatoms. The topological polar surface area (TPSA) is 99.7 Å². The van der Waals surface area contributed by atoms with Crippen LogP contribution >= 0.6 is 22.7 Å². The van der Waals surface area contributed by atoms with Gasteiger partial charge in [-0.25, -0.2) is 0 Å². The summed E-state index contributed by atoms with van der Waals surface area (Å²) in [5.74, 6) is -0.911. The van der Waals surface area contributed by atoms with Crippen molar-refractivity contribution in [2.24, 2.45) is 0 Å². The van der Waals surface area contributed by atoms with E-state index in [1.54, 1.807) is 0 Å². The lowest BCUT2D eigenvalue weighted by molar-refractivity contribution is -0.0504. The zero-order valence-corrected chi connectivity index (χ0v) is 64.4. The Morgan fingerprint density at radius 1 is 0.241 bits per heavy atom. The second kappa shape index (κ2) is 31.5. The summed E-state index contributed by atoms with van der Waals surface area (Å²) in [7, 11) is -12.0. The molecule has 0 radical (unpaired) electrons. The van der Waals surface area contributed by atoms with Crippen molar-refractivity contribution in [3.63, 3.8) is 0 Å². The van der Waals surface area contributed by atoms with Gasteiger partial charge in [0.25, 0.3) is 0 Å². The van der Waals surface area contributed by atoms with E-state index in [1.165, 1.54) is 46.9 Å². The Morgan fingerprint density at radius 3 is 1.08 bits per heavy atom. The van der Waals surface area contributed by atoms with E-state index in [9.17, 15) is 43.2 Å². The van der Waals surface area contributed by atoms with Gasteiger partial charge in [0.2, 0.25) is 0 Å². The van der Waals surface area contributed by atoms with Gasteiger partial charge >= 0.3 is 31.3 Å². The van der Waals surface area contributed by atoms with Crippen molar-refractivity contribution in [1.82, 2.24) is 0 Å². The number of alkyl halides is 6. The summed E-state index contributed by atoms with van der Waals surface area (Å²) < 4.78 is 146. The summed E-state index contributed by atoms with van der Waals surface area (Å²) in [5, 5.41) is 4.41. The van der Waals surface area contributed by atoms with Crippen molar-refractivity contribution in [3.05, 3.63) is 388 Å². The van der Waals surface area contributed by atoms with E-state index in [4.69, 9.17) is 8.37 Å². The molecule has 0 bridgehead atoms. The summed E-state index contributed by atoms with van der Waals surface area (Å²) in [6, 6.07) is 125. The van der Waals surface area contributed by atoms with E-state index in [1.807, 2.05) is 313 Å². The second-order valence-corrected chi connectivity index (χ2v) is 32.2. The van der Waals surface area contributed by atoms with Crippen LogP contribution in [0, 0.1) is 0 Å². The Hall–Kier alpha value is -13.5. The molecule has 0 N–H and O–H groups in total. The molecule has 0 unspecified atom stereocenters. The van der Waals surface area contributed by atoms with Gasteiger partial charge in [-0.05, 0) is 179 Å². The third-order valence-corrected chi connectivity index (χ3v) is 24.1. The molecule has 0 saturated carbocycles. The Balaban J connectivity index is 0.000000169. The Morgan fingerprint density at radius 2 is 0.578 bits per heavy atom. The Bertz CT molecular complexity index is 6770. The molecule has 0 atom stereocenters. The number of para-hydroxylation sites is 7. The largest absolute Gasteiger partial charge is 0.534 e. The van der Waals surface area contributed by atoms with Crippen LogP contribution in [0.2, 0.25) is 0 Å². The van der Waals surface area contributed by atoms with E-state index < -0.39 is 42.8 Å². The van der Waals surface area contributed by atoms with Crippen molar-refractivity contribution >= 4 is 162 Å². The Kier molecular flexibility index (Phi) is 20.4. The van der Waals surface area contributed by atoms with Crippen LogP contribution in [0.4, 0.5) is 94.6 Å². The summed E-state index contributed by atoms with van der Waals surface area (Å²) >= 11 is 2.94. The van der Waals surface area contributed by atoms with Gasteiger partial charge < -0.3 is 28.0 Å². The molecule has 0 aliphatic rings. The number of fused-ring (bicyclic) bond motifs is 7. The van der Waals surface area contributed by atoms with Crippen molar-refractivity contribution < 1.29 is 51.5 Å². The highest BCUT2D eigenvalue weighted by molar-refractivity contribution is 7.88. The predicted molar refractivity (Wildman–Crippen MR) is 462 cm³/mol. The minimum absolute atomic E-state index is 0.449. The van der Waals surface area contributed by atoms with Crippen LogP contribution in [0.5, 0.6) is 11.5 Å². The average Bonchev–Trinajstić information content (AvgIpc) is 1.56. The fourth-order valence-electron chi connectivity index (χ4n) is 14.5. The van der Waals surface area contributed by atoms with Crippen LogP contribution in [0.25, 0.3) is 84.5 Å². The zero-order valence-electron chi connectivity index (χ0n) is 61.1. The molecule has 570 valence electrons. The molecule has 0 spiro atoms. The van der Waals surface area contributed by atoms with Crippen LogP contribution in [0.3, 0.4) is 0 Å². The monoisotopic (exact) mass is 1610 g/mol. The summed E-state index contributed by atoms with van der Waals surface area (Å²) in [5.41, 5.74) is 4.08. The predicted octanol–water partition coefficient (Wildman–Crippen LogP) is 28.6. The quantitative estimate of drug-likeness (QED) is 0.0442. The van der Waals surface area contributed by atoms with E-state index in [0.717, 1.165) is 131 Å². The van der Waals surface area contributed by atoms with Crippen LogP contribution in [0.15, 0.2) is 388 Å². The van der Waals surface area contributed by atoms with Crippen molar-refractivity contribution in [1.29, 1.82) is 0 Å². The maximum atomic E-state index is 14.0. The van der Waals surface area contributed by atoms with Crippen LogP contribution in [0.1, 0.15) is 0 Å². The van der Waals surface area contributed by atoms with Crippen molar-refractivity contribution in [3.8, 4) is 44.9 Å². The fraction of sp³-hybridized carbons (Fsp3) is 0.0208. The number of rotatable bonds is 19. The number of anilines is 12. The highest BCUT2D eigenvalue weighted by atomic mass is 32.2. The lowest BCUT2D eigenvalue weighted by atomic mass is 9.99. The summed E-state index contributed by atoms with van der Waals surface area (Å²) in [6.45, 7) is 0. The minimum Gasteiger partial charge on any atom is -0.376 e. The fourth-order valence-corrected chi connectivity index (χ4v) is 17.8. The second-order valence-electron chi connectivity index (χ2n) is 27.1. The molecule has 0 saturated heterocycles. The maximum Gasteiger partial charge on any atom is 0.534 e. The molecule has 0 fully saturated rings. The molecule has 2 heterocycles. The molecule has 18 rings (SSSR count). The number of halogens is 6. The molecule has 116 heavy (non-hydrogen) atoms. The van der Waals surface area contributed by atoms with Crippen LogP contribution in [-0.2, 0) is 20.2 Å². The lowest BCUT2D eigenvalue weighted by Gasteiger charge is -2.28. The van der Waals surface area contributed by atoms with Crippen molar-refractivity contribution in [2.75, 3.05) is 19.6 Å². The molecule has 2 aromatic heterocycles. The van der Waals surface area contributed by atoms with Gasteiger partial charge in [-0.15, -0.1) is 22.7 Å². The molecule has 0 aliphatic heterocycles. The number of hydrogen-bond donors (Lipinski definition) is 0. The van der Waals surface area contributed by atoms with Gasteiger partial charge in [-0.3, -0.25) is 0 Å². The first-order valence-electron chi connectivity index (χ1n) is 36.7. The van der Waals surface area contributed by atoms with Gasteiger partial charge in [0.05, 0.1) is 32.1 Å². The first kappa shape index (κ1) is 75.2. The van der Waals surface area contributed by atoms with Gasteiger partial charge in [0.1, 0.15) is 11.5 Å². The van der Waals surface area contributed by atoms with Gasteiger partial charge in [-0.2, -0.15) is 43.2 Å². The molecule has 16 aromatic carbocycles. The van der Waals surface area contributed by atoms with Crippen LogP contribution in [-0.4, -0.2) is 27.9 Å². The Labute approximate surface area is 672 Å². The number of thiophene rings is 2. The number of nitrogens with zero attached hydrogens (tertiary/aromatic N) is 4. The number of hydrogen-bond acceptors (Lipinski definition) is 12. The van der Waals surface area contributed by atoms with Gasteiger partial charge in [0, 0.05) is 99.5 Å². The SMILES string of the molecule is O=S(=O)(Oc1cc(N(c2ccccc2)c2cccc3ccccc23)c2sc3ccc(-c4ccccc4N(c4ccccc4)c4ccc(-c5ccccc5)cc4)cc3c2c1)C(F)(F)F.O=S(=O)(Oc1cc(N(c2ccccc2)c2ccccc2)c2sc3ccc(-c4cccc(N(c5ccccc5)c5ccccc5)c4)cc3c2c1)C(F)(F)F. The highest BCUT2D eigenvalue weighted by Crippen LogP contribution is 2.53. The van der Waals surface area contributed by atoms with Gasteiger partial charge in [0.15, 0.2) is 0 Å². The van der Waals surface area contributed by atoms with E-state index in [-0.39, 0.29) is 0 Å². The molecule has 18 aromatic rings. The van der Waals surface area contributed by atoms with Crippen LogP contribution < -0.4 is 28.0 Å². The first-order valence-corrected chi connectivity index (χ1v) is 41.1. The van der Waals surface area contributed by atoms with Crippen molar-refractivity contribution in [2.45, 2.75) is 11.0 Å². The third-order valence-electron chi connectivity index (χ3n) is 19.7. The minimum atomic E-state index is -6.02. The lowest BCUT2D eigenvalue weighted by Crippen LogP contribution is -2.28. The molecule has 0 amide bonds. The number of benzene rings is 16. The average molecular weight is 1610 g/mol. The summed E-state index contributed by atoms with van der Waals surface area (Å²) in [4.78, 5) is 8.20. The normalized spacial score (nSPS) is 11.8. The van der Waals surface area contributed by atoms with E-state index in [2.05, 4.69) is 70.5 Å². The third kappa shape index (κ3) is 15.1.